The predicted molar refractivity (Wildman–Crippen MR) is 66.8 cm³/mol. The van der Waals surface area contributed by atoms with Gasteiger partial charge in [-0.25, -0.2) is 0 Å². The SMILES string of the molecule is CCCN1C(=O)C(CC)Nc2ccccc21. The van der Waals surface area contributed by atoms with E-state index < -0.39 is 0 Å². The number of rotatable bonds is 3. The molecule has 0 aromatic heterocycles. The van der Waals surface area contributed by atoms with Crippen LogP contribution in [0.4, 0.5) is 11.4 Å². The third-order valence-corrected chi connectivity index (χ3v) is 2.94. The largest absolute Gasteiger partial charge is 0.372 e. The van der Waals surface area contributed by atoms with E-state index in [0.717, 1.165) is 30.8 Å². The van der Waals surface area contributed by atoms with Crippen LogP contribution in [-0.2, 0) is 4.79 Å². The van der Waals surface area contributed by atoms with Gasteiger partial charge in [-0.1, -0.05) is 26.0 Å². The zero-order valence-corrected chi connectivity index (χ0v) is 9.86. The summed E-state index contributed by atoms with van der Waals surface area (Å²) in [5.74, 6) is 0.197. The topological polar surface area (TPSA) is 32.3 Å². The number of carbonyl (C=O) groups is 1. The van der Waals surface area contributed by atoms with Crippen LogP contribution >= 0.6 is 0 Å². The Morgan fingerprint density at radius 1 is 1.31 bits per heavy atom. The van der Waals surface area contributed by atoms with E-state index in [9.17, 15) is 4.79 Å². The smallest absolute Gasteiger partial charge is 0.249 e. The van der Waals surface area contributed by atoms with Crippen LogP contribution in [0.2, 0.25) is 0 Å². The monoisotopic (exact) mass is 218 g/mol. The minimum atomic E-state index is -0.0681. The highest BCUT2D eigenvalue weighted by molar-refractivity contribution is 6.04. The van der Waals surface area contributed by atoms with E-state index >= 15 is 0 Å². The first kappa shape index (κ1) is 11.0. The van der Waals surface area contributed by atoms with Gasteiger partial charge in [0.2, 0.25) is 5.91 Å². The van der Waals surface area contributed by atoms with Crippen molar-refractivity contribution in [2.24, 2.45) is 0 Å². The van der Waals surface area contributed by atoms with Gasteiger partial charge >= 0.3 is 0 Å². The number of hydrogen-bond donors (Lipinski definition) is 1. The molecule has 3 nitrogen and oxygen atoms in total. The summed E-state index contributed by atoms with van der Waals surface area (Å²) in [5, 5.41) is 3.29. The van der Waals surface area contributed by atoms with Crippen LogP contribution in [0, 0.1) is 0 Å². The highest BCUT2D eigenvalue weighted by atomic mass is 16.2. The van der Waals surface area contributed by atoms with Crippen molar-refractivity contribution in [1.29, 1.82) is 0 Å². The molecule has 2 rings (SSSR count). The highest BCUT2D eigenvalue weighted by Crippen LogP contribution is 2.31. The number of nitrogens with zero attached hydrogens (tertiary/aromatic N) is 1. The van der Waals surface area contributed by atoms with Crippen LogP contribution in [0.5, 0.6) is 0 Å². The van der Waals surface area contributed by atoms with Crippen LogP contribution in [0.25, 0.3) is 0 Å². The molecule has 0 saturated heterocycles. The average molecular weight is 218 g/mol. The van der Waals surface area contributed by atoms with Gasteiger partial charge in [0.05, 0.1) is 11.4 Å². The minimum Gasteiger partial charge on any atom is -0.372 e. The zero-order valence-electron chi connectivity index (χ0n) is 9.86. The lowest BCUT2D eigenvalue weighted by atomic mass is 10.1. The molecule has 0 saturated carbocycles. The number of nitrogens with one attached hydrogen (secondary N) is 1. The van der Waals surface area contributed by atoms with Crippen molar-refractivity contribution in [2.45, 2.75) is 32.7 Å². The van der Waals surface area contributed by atoms with Crippen molar-refractivity contribution >= 4 is 17.3 Å². The maximum atomic E-state index is 12.2. The van der Waals surface area contributed by atoms with E-state index in [4.69, 9.17) is 0 Å². The van der Waals surface area contributed by atoms with E-state index in [0.29, 0.717) is 0 Å². The van der Waals surface area contributed by atoms with Gasteiger partial charge in [-0.05, 0) is 25.0 Å². The van der Waals surface area contributed by atoms with Crippen LogP contribution in [0.15, 0.2) is 24.3 Å². The summed E-state index contributed by atoms with van der Waals surface area (Å²) < 4.78 is 0. The molecule has 16 heavy (non-hydrogen) atoms. The molecule has 1 heterocycles. The van der Waals surface area contributed by atoms with Crippen molar-refractivity contribution in [2.75, 3.05) is 16.8 Å². The van der Waals surface area contributed by atoms with Gasteiger partial charge in [-0.2, -0.15) is 0 Å². The molecule has 1 aliphatic heterocycles. The lowest BCUT2D eigenvalue weighted by Crippen LogP contribution is -2.47. The number of para-hydroxylation sites is 2. The summed E-state index contributed by atoms with van der Waals surface area (Å²) >= 11 is 0. The second-order valence-electron chi connectivity index (χ2n) is 4.11. The van der Waals surface area contributed by atoms with Gasteiger partial charge in [0.25, 0.3) is 0 Å². The molecule has 1 atom stereocenters. The molecule has 1 aliphatic rings. The quantitative estimate of drug-likeness (QED) is 0.845. The van der Waals surface area contributed by atoms with Gasteiger partial charge < -0.3 is 10.2 Å². The van der Waals surface area contributed by atoms with Gasteiger partial charge in [-0.3, -0.25) is 4.79 Å². The standard InChI is InChI=1S/C13H18N2O/c1-3-9-15-12-8-6-5-7-11(12)14-10(4-2)13(15)16/h5-8,10,14H,3-4,9H2,1-2H3. The first-order chi connectivity index (χ1) is 7.77. The number of benzene rings is 1. The highest BCUT2D eigenvalue weighted by Gasteiger charge is 2.30. The minimum absolute atomic E-state index is 0.0681. The Balaban J connectivity index is 2.38. The molecule has 1 unspecified atom stereocenters. The second-order valence-corrected chi connectivity index (χ2v) is 4.11. The maximum absolute atomic E-state index is 12.2. The van der Waals surface area contributed by atoms with E-state index in [1.807, 2.05) is 36.1 Å². The Morgan fingerprint density at radius 3 is 2.75 bits per heavy atom. The molecule has 0 spiro atoms. The van der Waals surface area contributed by atoms with Crippen molar-refractivity contribution in [1.82, 2.24) is 0 Å². The van der Waals surface area contributed by atoms with E-state index in [-0.39, 0.29) is 11.9 Å². The Hall–Kier alpha value is -1.51. The molecule has 3 heteroatoms. The molecule has 0 aliphatic carbocycles. The van der Waals surface area contributed by atoms with Gasteiger partial charge in [0.15, 0.2) is 0 Å². The Morgan fingerprint density at radius 2 is 2.06 bits per heavy atom. The van der Waals surface area contributed by atoms with Crippen molar-refractivity contribution in [3.8, 4) is 0 Å². The number of hydrogen-bond acceptors (Lipinski definition) is 2. The summed E-state index contributed by atoms with van der Waals surface area (Å²) in [6, 6.07) is 7.94. The average Bonchev–Trinajstić information content (AvgIpc) is 2.32. The summed E-state index contributed by atoms with van der Waals surface area (Å²) in [6.07, 6.45) is 1.81. The van der Waals surface area contributed by atoms with Gasteiger partial charge in [-0.15, -0.1) is 0 Å². The summed E-state index contributed by atoms with van der Waals surface area (Å²) in [7, 11) is 0. The molecule has 0 fully saturated rings. The van der Waals surface area contributed by atoms with Crippen molar-refractivity contribution in [3.05, 3.63) is 24.3 Å². The fraction of sp³-hybridized carbons (Fsp3) is 0.462. The Kier molecular flexibility index (Phi) is 3.13. The molecular formula is C13H18N2O. The first-order valence-electron chi connectivity index (χ1n) is 5.94. The third-order valence-electron chi connectivity index (χ3n) is 2.94. The molecule has 1 N–H and O–H groups in total. The van der Waals surface area contributed by atoms with Gasteiger partial charge in [0, 0.05) is 6.54 Å². The van der Waals surface area contributed by atoms with Crippen LogP contribution in [0.3, 0.4) is 0 Å². The van der Waals surface area contributed by atoms with Crippen LogP contribution in [0.1, 0.15) is 26.7 Å². The molecule has 86 valence electrons. The van der Waals surface area contributed by atoms with Gasteiger partial charge in [0.1, 0.15) is 6.04 Å². The van der Waals surface area contributed by atoms with E-state index in [1.165, 1.54) is 0 Å². The Bertz CT molecular complexity index is 389. The number of carbonyl (C=O) groups excluding carboxylic acids is 1. The first-order valence-corrected chi connectivity index (χ1v) is 5.94. The van der Waals surface area contributed by atoms with Crippen molar-refractivity contribution < 1.29 is 4.79 Å². The molecule has 0 radical (unpaired) electrons. The summed E-state index contributed by atoms with van der Waals surface area (Å²) in [4.78, 5) is 14.1. The van der Waals surface area contributed by atoms with Crippen LogP contribution in [-0.4, -0.2) is 18.5 Å². The predicted octanol–water partition coefficient (Wildman–Crippen LogP) is 2.63. The van der Waals surface area contributed by atoms with Crippen molar-refractivity contribution in [3.63, 3.8) is 0 Å². The normalized spacial score (nSPS) is 19.2. The lowest BCUT2D eigenvalue weighted by molar-refractivity contribution is -0.119. The lowest BCUT2D eigenvalue weighted by Gasteiger charge is -2.34. The fourth-order valence-electron chi connectivity index (χ4n) is 2.12. The molecule has 1 aromatic rings. The summed E-state index contributed by atoms with van der Waals surface area (Å²) in [6.45, 7) is 4.93. The number of fused-ring (bicyclic) bond motifs is 1. The van der Waals surface area contributed by atoms with E-state index in [1.54, 1.807) is 0 Å². The fourth-order valence-corrected chi connectivity index (χ4v) is 2.12. The molecule has 0 bridgehead atoms. The number of amides is 1. The van der Waals surface area contributed by atoms with Crippen LogP contribution < -0.4 is 10.2 Å². The zero-order chi connectivity index (χ0) is 11.5. The number of anilines is 2. The Labute approximate surface area is 96.5 Å². The van der Waals surface area contributed by atoms with E-state index in [2.05, 4.69) is 12.2 Å². The second kappa shape index (κ2) is 4.56. The summed E-state index contributed by atoms with van der Waals surface area (Å²) in [5.41, 5.74) is 2.08. The molecule has 1 amide bonds. The molecular weight excluding hydrogens is 200 g/mol. The molecule has 1 aromatic carbocycles. The maximum Gasteiger partial charge on any atom is 0.249 e. The third kappa shape index (κ3) is 1.77.